The van der Waals surface area contributed by atoms with E-state index in [1.54, 1.807) is 0 Å². The van der Waals surface area contributed by atoms with Crippen LogP contribution in [0.1, 0.15) is 11.1 Å². The Bertz CT molecular complexity index is 892. The van der Waals surface area contributed by atoms with Gasteiger partial charge in [-0.3, -0.25) is 0 Å². The maximum Gasteiger partial charge on any atom is 0.133 e. The van der Waals surface area contributed by atoms with Gasteiger partial charge in [0.05, 0.1) is 11.4 Å². The fourth-order valence-corrected chi connectivity index (χ4v) is 3.31. The number of aromatic nitrogens is 2. The van der Waals surface area contributed by atoms with E-state index >= 15 is 0 Å². The highest BCUT2D eigenvalue weighted by Crippen LogP contribution is 2.36. The van der Waals surface area contributed by atoms with Gasteiger partial charge in [0.1, 0.15) is 5.82 Å². The molecule has 1 N–H and O–H groups in total. The van der Waals surface area contributed by atoms with Crippen molar-refractivity contribution in [1.82, 2.24) is 9.78 Å². The molecular weight excluding hydrogens is 296 g/mol. The van der Waals surface area contributed by atoms with Gasteiger partial charge in [-0.1, -0.05) is 30.3 Å². The third-order valence-corrected chi connectivity index (χ3v) is 4.63. The molecule has 0 fully saturated rings. The lowest BCUT2D eigenvalue weighted by Gasteiger charge is -2.13. The molecule has 122 valence electrons. The van der Waals surface area contributed by atoms with Gasteiger partial charge < -0.3 is 10.2 Å². The van der Waals surface area contributed by atoms with Crippen LogP contribution in [0.2, 0.25) is 0 Å². The molecule has 2 heterocycles. The summed E-state index contributed by atoms with van der Waals surface area (Å²) < 4.78 is 2.06. The summed E-state index contributed by atoms with van der Waals surface area (Å²) in [6, 6.07) is 17.0. The Morgan fingerprint density at radius 3 is 2.71 bits per heavy atom. The number of nitrogens with zero attached hydrogens (tertiary/aromatic N) is 3. The number of anilines is 2. The normalized spacial score (nSPS) is 12.8. The summed E-state index contributed by atoms with van der Waals surface area (Å²) in [7, 11) is 4.13. The molecule has 2 aromatic carbocycles. The largest absolute Gasteiger partial charge is 0.378 e. The first-order valence-electron chi connectivity index (χ1n) is 8.34. The fraction of sp³-hybridized carbons (Fsp3) is 0.250. The van der Waals surface area contributed by atoms with Crippen LogP contribution in [0, 0.1) is 6.92 Å². The van der Waals surface area contributed by atoms with Gasteiger partial charge in [-0.15, -0.1) is 0 Å². The zero-order chi connectivity index (χ0) is 16.7. The molecule has 4 rings (SSSR count). The van der Waals surface area contributed by atoms with E-state index in [0.29, 0.717) is 0 Å². The van der Waals surface area contributed by atoms with Crippen LogP contribution in [0.15, 0.2) is 48.5 Å². The average Bonchev–Trinajstić information content (AvgIpc) is 3.18. The number of fused-ring (bicyclic) bond motifs is 1. The number of aryl methyl sites for hydroxylation is 1. The molecule has 0 unspecified atom stereocenters. The molecule has 0 saturated carbocycles. The molecular formula is C20H22N4. The van der Waals surface area contributed by atoms with Crippen LogP contribution in [0.3, 0.4) is 0 Å². The molecule has 4 heteroatoms. The van der Waals surface area contributed by atoms with Gasteiger partial charge in [-0.2, -0.15) is 5.10 Å². The maximum atomic E-state index is 4.97. The number of benzene rings is 2. The van der Waals surface area contributed by atoms with E-state index in [1.165, 1.54) is 22.4 Å². The van der Waals surface area contributed by atoms with E-state index in [4.69, 9.17) is 5.10 Å². The minimum Gasteiger partial charge on any atom is -0.378 e. The number of rotatable bonds is 3. The van der Waals surface area contributed by atoms with Crippen LogP contribution in [0.4, 0.5) is 11.5 Å². The summed E-state index contributed by atoms with van der Waals surface area (Å²) in [5.74, 6) is 1.13. The maximum absolute atomic E-state index is 4.97. The summed E-state index contributed by atoms with van der Waals surface area (Å²) in [6.07, 6.45) is 1.02. The highest BCUT2D eigenvalue weighted by atomic mass is 15.3. The van der Waals surface area contributed by atoms with Crippen LogP contribution in [0.25, 0.3) is 16.9 Å². The first-order valence-corrected chi connectivity index (χ1v) is 8.34. The standard InChI is InChI=1S/C20H22N4/c1-14-7-4-5-10-18(14)24-20-17(11-12-21-20)19(22-24)15-8-6-9-16(13-15)23(2)3/h4-10,13,21H,11-12H2,1-3H3. The Morgan fingerprint density at radius 1 is 1.08 bits per heavy atom. The zero-order valence-electron chi connectivity index (χ0n) is 14.4. The SMILES string of the molecule is Cc1ccccc1-n1nc(-c2cccc(N(C)C)c2)c2c1NCC2. The fourth-order valence-electron chi connectivity index (χ4n) is 3.31. The molecule has 4 nitrogen and oxygen atoms in total. The molecule has 0 saturated heterocycles. The van der Waals surface area contributed by atoms with Crippen molar-refractivity contribution in [3.63, 3.8) is 0 Å². The second-order valence-corrected chi connectivity index (χ2v) is 6.50. The predicted octanol–water partition coefficient (Wildman–Crippen LogP) is 3.88. The first-order chi connectivity index (χ1) is 11.6. The van der Waals surface area contributed by atoms with Crippen LogP contribution in [-0.4, -0.2) is 30.4 Å². The molecule has 24 heavy (non-hydrogen) atoms. The molecule has 3 aromatic rings. The van der Waals surface area contributed by atoms with E-state index in [-0.39, 0.29) is 0 Å². The number of nitrogens with one attached hydrogen (secondary N) is 1. The van der Waals surface area contributed by atoms with Crippen molar-refractivity contribution in [2.24, 2.45) is 0 Å². The molecule has 0 atom stereocenters. The highest BCUT2D eigenvalue weighted by molar-refractivity contribution is 5.75. The molecule has 1 aliphatic rings. The van der Waals surface area contributed by atoms with Crippen molar-refractivity contribution in [1.29, 1.82) is 0 Å². The third-order valence-electron chi connectivity index (χ3n) is 4.63. The van der Waals surface area contributed by atoms with E-state index in [2.05, 4.69) is 84.4 Å². The van der Waals surface area contributed by atoms with Gasteiger partial charge in [-0.05, 0) is 37.1 Å². The predicted molar refractivity (Wildman–Crippen MR) is 100 cm³/mol. The lowest BCUT2D eigenvalue weighted by molar-refractivity contribution is 0.875. The summed E-state index contributed by atoms with van der Waals surface area (Å²) in [6.45, 7) is 3.10. The van der Waals surface area contributed by atoms with Crippen molar-refractivity contribution >= 4 is 11.5 Å². The summed E-state index contributed by atoms with van der Waals surface area (Å²) in [4.78, 5) is 2.13. The van der Waals surface area contributed by atoms with Gasteiger partial charge >= 0.3 is 0 Å². The Balaban J connectivity index is 1.88. The summed E-state index contributed by atoms with van der Waals surface area (Å²) in [5, 5.41) is 8.48. The molecule has 0 spiro atoms. The smallest absolute Gasteiger partial charge is 0.133 e. The molecule has 0 radical (unpaired) electrons. The lowest BCUT2D eigenvalue weighted by atomic mass is 10.1. The molecule has 1 aliphatic heterocycles. The van der Waals surface area contributed by atoms with E-state index < -0.39 is 0 Å². The summed E-state index contributed by atoms with van der Waals surface area (Å²) >= 11 is 0. The van der Waals surface area contributed by atoms with Crippen molar-refractivity contribution in [3.8, 4) is 16.9 Å². The van der Waals surface area contributed by atoms with Gasteiger partial charge in [0.25, 0.3) is 0 Å². The second-order valence-electron chi connectivity index (χ2n) is 6.50. The van der Waals surface area contributed by atoms with Crippen LogP contribution in [0.5, 0.6) is 0 Å². The topological polar surface area (TPSA) is 33.1 Å². The van der Waals surface area contributed by atoms with Crippen molar-refractivity contribution in [3.05, 3.63) is 59.7 Å². The average molecular weight is 318 g/mol. The van der Waals surface area contributed by atoms with Crippen LogP contribution >= 0.6 is 0 Å². The van der Waals surface area contributed by atoms with Gasteiger partial charge in [0.15, 0.2) is 0 Å². The Morgan fingerprint density at radius 2 is 1.92 bits per heavy atom. The number of para-hydroxylation sites is 1. The van der Waals surface area contributed by atoms with Crippen molar-refractivity contribution in [2.45, 2.75) is 13.3 Å². The Hall–Kier alpha value is -2.75. The number of hydrogen-bond acceptors (Lipinski definition) is 3. The summed E-state index contributed by atoms with van der Waals surface area (Å²) in [5.41, 5.74) is 7.13. The second kappa shape index (κ2) is 5.71. The van der Waals surface area contributed by atoms with Gasteiger partial charge in [0, 0.05) is 37.5 Å². The van der Waals surface area contributed by atoms with Crippen LogP contribution in [-0.2, 0) is 6.42 Å². The molecule has 1 aromatic heterocycles. The lowest BCUT2D eigenvalue weighted by Crippen LogP contribution is -2.08. The zero-order valence-corrected chi connectivity index (χ0v) is 14.4. The van der Waals surface area contributed by atoms with Gasteiger partial charge in [0.2, 0.25) is 0 Å². The van der Waals surface area contributed by atoms with Gasteiger partial charge in [-0.25, -0.2) is 4.68 Å². The van der Waals surface area contributed by atoms with Crippen molar-refractivity contribution < 1.29 is 0 Å². The number of hydrogen-bond donors (Lipinski definition) is 1. The van der Waals surface area contributed by atoms with E-state index in [9.17, 15) is 0 Å². The van der Waals surface area contributed by atoms with Crippen LogP contribution < -0.4 is 10.2 Å². The first kappa shape index (κ1) is 14.8. The Labute approximate surface area is 142 Å². The van der Waals surface area contributed by atoms with E-state index in [0.717, 1.165) is 30.2 Å². The van der Waals surface area contributed by atoms with Crippen molar-refractivity contribution in [2.75, 3.05) is 30.9 Å². The van der Waals surface area contributed by atoms with E-state index in [1.807, 2.05) is 0 Å². The Kier molecular flexibility index (Phi) is 3.53. The minimum atomic E-state index is 0.972. The molecule has 0 bridgehead atoms. The quantitative estimate of drug-likeness (QED) is 0.795. The minimum absolute atomic E-state index is 0.972. The third kappa shape index (κ3) is 2.35. The molecule has 0 aliphatic carbocycles. The molecule has 0 amide bonds. The highest BCUT2D eigenvalue weighted by Gasteiger charge is 2.24. The monoisotopic (exact) mass is 318 g/mol.